The number of carbonyl (C=O) groups excluding carboxylic acids is 2. The Balaban J connectivity index is 1.56. The molecule has 1 aliphatic carbocycles. The van der Waals surface area contributed by atoms with E-state index in [1.165, 1.54) is 35.3 Å². The second kappa shape index (κ2) is 10.6. The average molecular weight is 484 g/mol. The molecule has 1 saturated heterocycles. The highest BCUT2D eigenvalue weighted by atomic mass is 32.2. The van der Waals surface area contributed by atoms with Gasteiger partial charge in [0.15, 0.2) is 11.6 Å². The van der Waals surface area contributed by atoms with Gasteiger partial charge in [0.25, 0.3) is 0 Å². The molecule has 2 aliphatic rings. The Morgan fingerprint density at radius 1 is 1.33 bits per heavy atom. The first-order valence-corrected chi connectivity index (χ1v) is 12.6. The molecular weight excluding hydrogens is 453 g/mol. The van der Waals surface area contributed by atoms with Gasteiger partial charge in [-0.3, -0.25) is 10.1 Å². The van der Waals surface area contributed by atoms with Crippen molar-refractivity contribution in [1.29, 1.82) is 0 Å². The van der Waals surface area contributed by atoms with Crippen LogP contribution in [0.15, 0.2) is 30.4 Å². The largest absolute Gasteiger partial charge is 0.490 e. The van der Waals surface area contributed by atoms with E-state index in [1.54, 1.807) is 6.92 Å². The molecule has 0 unspecified atom stereocenters. The van der Waals surface area contributed by atoms with E-state index in [0.717, 1.165) is 19.3 Å². The summed E-state index contributed by atoms with van der Waals surface area (Å²) in [4.78, 5) is 23.9. The maximum absolute atomic E-state index is 14.2. The molecule has 3 rings (SSSR count). The highest BCUT2D eigenvalue weighted by molar-refractivity contribution is 7.89. The third kappa shape index (κ3) is 6.75. The predicted octanol–water partition coefficient (Wildman–Crippen LogP) is 1.63. The number of benzene rings is 1. The van der Waals surface area contributed by atoms with E-state index in [1.807, 2.05) is 0 Å². The first-order valence-electron chi connectivity index (χ1n) is 11.0. The molecule has 0 bridgehead atoms. The number of aliphatic hydroxyl groups is 1. The molecule has 182 valence electrons. The summed E-state index contributed by atoms with van der Waals surface area (Å²) in [5, 5.41) is 13.2. The SMILES string of the molecule is CC[C@@](O)(CNS(=O)(=O)C/C=C/CN1CC(=O)NC1=O)c1ccc(F)c(OCC2CCC2)c1. The number of urea groups is 1. The van der Waals surface area contributed by atoms with Gasteiger partial charge in [-0.05, 0) is 42.9 Å². The number of rotatable bonds is 12. The normalized spacial score (nSPS) is 18.9. The summed E-state index contributed by atoms with van der Waals surface area (Å²) in [6.45, 7) is 1.86. The molecule has 33 heavy (non-hydrogen) atoms. The van der Waals surface area contributed by atoms with Gasteiger partial charge in [-0.15, -0.1) is 0 Å². The molecule has 1 aromatic carbocycles. The van der Waals surface area contributed by atoms with Gasteiger partial charge in [0, 0.05) is 13.1 Å². The van der Waals surface area contributed by atoms with Gasteiger partial charge in [0.1, 0.15) is 12.1 Å². The van der Waals surface area contributed by atoms with Crippen molar-refractivity contribution in [3.05, 3.63) is 41.7 Å². The van der Waals surface area contributed by atoms with Crippen LogP contribution in [0.4, 0.5) is 9.18 Å². The van der Waals surface area contributed by atoms with Crippen molar-refractivity contribution >= 4 is 22.0 Å². The van der Waals surface area contributed by atoms with E-state index in [-0.39, 0.29) is 37.6 Å². The molecule has 9 nitrogen and oxygen atoms in total. The third-order valence-electron chi connectivity index (χ3n) is 6.01. The molecule has 3 amide bonds. The van der Waals surface area contributed by atoms with Gasteiger partial charge < -0.3 is 14.7 Å². The van der Waals surface area contributed by atoms with Crippen LogP contribution in [0.5, 0.6) is 5.75 Å². The Labute approximate surface area is 193 Å². The van der Waals surface area contributed by atoms with Gasteiger partial charge in [-0.1, -0.05) is 31.6 Å². The molecule has 0 aromatic heterocycles. The topological polar surface area (TPSA) is 125 Å². The van der Waals surface area contributed by atoms with Gasteiger partial charge >= 0.3 is 6.03 Å². The van der Waals surface area contributed by atoms with Crippen LogP contribution >= 0.6 is 0 Å². The number of nitrogens with one attached hydrogen (secondary N) is 2. The number of sulfonamides is 1. The van der Waals surface area contributed by atoms with Gasteiger partial charge in [0.05, 0.1) is 12.4 Å². The van der Waals surface area contributed by atoms with Crippen LogP contribution in [0.1, 0.15) is 38.2 Å². The van der Waals surface area contributed by atoms with Crippen LogP contribution in [0.25, 0.3) is 0 Å². The average Bonchev–Trinajstić information content (AvgIpc) is 3.06. The molecule has 2 fully saturated rings. The summed E-state index contributed by atoms with van der Waals surface area (Å²) in [5.41, 5.74) is -1.19. The highest BCUT2D eigenvalue weighted by Gasteiger charge is 2.30. The quantitative estimate of drug-likeness (QED) is 0.307. The highest BCUT2D eigenvalue weighted by Crippen LogP contribution is 2.31. The molecule has 1 atom stereocenters. The van der Waals surface area contributed by atoms with Crippen LogP contribution in [-0.2, 0) is 20.4 Å². The van der Waals surface area contributed by atoms with Gasteiger partial charge in [0.2, 0.25) is 15.9 Å². The van der Waals surface area contributed by atoms with Crippen molar-refractivity contribution in [3.8, 4) is 5.75 Å². The molecule has 0 radical (unpaired) electrons. The number of amides is 3. The minimum atomic E-state index is -3.78. The van der Waals surface area contributed by atoms with Crippen LogP contribution in [-0.4, -0.2) is 62.4 Å². The second-order valence-corrected chi connectivity index (χ2v) is 10.3. The summed E-state index contributed by atoms with van der Waals surface area (Å²) in [6, 6.07) is 3.54. The van der Waals surface area contributed by atoms with E-state index in [2.05, 4.69) is 10.0 Å². The Morgan fingerprint density at radius 3 is 2.70 bits per heavy atom. The Bertz CT molecular complexity index is 1010. The van der Waals surface area contributed by atoms with Crippen molar-refractivity contribution in [2.24, 2.45) is 5.92 Å². The number of hydrogen-bond acceptors (Lipinski definition) is 6. The lowest BCUT2D eigenvalue weighted by atomic mass is 9.86. The number of imide groups is 1. The minimum Gasteiger partial charge on any atom is -0.490 e. The zero-order chi connectivity index (χ0) is 24.1. The summed E-state index contributed by atoms with van der Waals surface area (Å²) in [7, 11) is -3.78. The fraction of sp³-hybridized carbons (Fsp3) is 0.545. The maximum Gasteiger partial charge on any atom is 0.324 e. The molecule has 1 saturated carbocycles. The van der Waals surface area contributed by atoms with Crippen molar-refractivity contribution in [3.63, 3.8) is 0 Å². The fourth-order valence-electron chi connectivity index (χ4n) is 3.52. The first-order chi connectivity index (χ1) is 15.6. The Kier molecular flexibility index (Phi) is 8.09. The van der Waals surface area contributed by atoms with Crippen molar-refractivity contribution in [2.45, 2.75) is 38.2 Å². The molecule has 1 aliphatic heterocycles. The lowest BCUT2D eigenvalue weighted by molar-refractivity contribution is -0.118. The first kappa shape index (κ1) is 25.1. The summed E-state index contributed by atoms with van der Waals surface area (Å²) >= 11 is 0. The summed E-state index contributed by atoms with van der Waals surface area (Å²) in [5.74, 6) is -0.843. The number of hydrogen-bond donors (Lipinski definition) is 3. The molecule has 0 spiro atoms. The third-order valence-corrected chi connectivity index (χ3v) is 7.23. The van der Waals surface area contributed by atoms with E-state index >= 15 is 0 Å². The van der Waals surface area contributed by atoms with E-state index in [0.29, 0.717) is 18.1 Å². The standard InChI is InChI=1S/C22H30FN3O6S/c1-2-22(29,17-8-9-18(23)19(12-17)32-14-16-6-5-7-16)15-24-33(30,31)11-4-3-10-26-13-20(27)25-21(26)28/h3-4,8-9,12,16,24,29H,2,5-7,10-11,13-15H2,1H3,(H,25,27,28)/b4-3+/t22-/m1/s1. The Morgan fingerprint density at radius 2 is 2.09 bits per heavy atom. The molecule has 1 aromatic rings. The predicted molar refractivity (Wildman–Crippen MR) is 119 cm³/mol. The number of carbonyl (C=O) groups is 2. The summed E-state index contributed by atoms with van der Waals surface area (Å²) < 4.78 is 46.9. The van der Waals surface area contributed by atoms with Gasteiger partial charge in [-0.25, -0.2) is 22.3 Å². The number of nitrogens with zero attached hydrogens (tertiary/aromatic N) is 1. The van der Waals surface area contributed by atoms with Crippen molar-refractivity contribution < 1.29 is 32.2 Å². The van der Waals surface area contributed by atoms with Crippen molar-refractivity contribution in [1.82, 2.24) is 14.9 Å². The van der Waals surface area contributed by atoms with Gasteiger partial charge in [-0.2, -0.15) is 0 Å². The van der Waals surface area contributed by atoms with E-state index in [4.69, 9.17) is 4.74 Å². The number of halogens is 1. The molecule has 11 heteroatoms. The van der Waals surface area contributed by atoms with E-state index in [9.17, 15) is 27.5 Å². The van der Waals surface area contributed by atoms with Crippen molar-refractivity contribution in [2.75, 3.05) is 32.0 Å². The zero-order valence-electron chi connectivity index (χ0n) is 18.5. The monoisotopic (exact) mass is 483 g/mol. The Hall–Kier alpha value is -2.50. The second-order valence-electron chi connectivity index (χ2n) is 8.45. The van der Waals surface area contributed by atoms with Crippen LogP contribution in [0.2, 0.25) is 0 Å². The molecular formula is C22H30FN3O6S. The number of ether oxygens (including phenoxy) is 1. The summed E-state index contributed by atoms with van der Waals surface area (Å²) in [6.07, 6.45) is 6.30. The minimum absolute atomic E-state index is 0.0431. The van der Waals surface area contributed by atoms with E-state index < -0.39 is 33.4 Å². The van der Waals surface area contributed by atoms with Crippen LogP contribution < -0.4 is 14.8 Å². The zero-order valence-corrected chi connectivity index (χ0v) is 19.4. The lowest BCUT2D eigenvalue weighted by Gasteiger charge is -2.29. The maximum atomic E-state index is 14.2. The smallest absolute Gasteiger partial charge is 0.324 e. The molecule has 1 heterocycles. The van der Waals surface area contributed by atoms with Crippen LogP contribution in [0.3, 0.4) is 0 Å². The molecule has 3 N–H and O–H groups in total. The van der Waals surface area contributed by atoms with Crippen LogP contribution in [0, 0.1) is 11.7 Å². The fourth-order valence-corrected chi connectivity index (χ4v) is 4.48. The lowest BCUT2D eigenvalue weighted by Crippen LogP contribution is -2.41.